The molecule has 4 heteroatoms. The number of aliphatic hydroxyl groups is 1. The Morgan fingerprint density at radius 1 is 1.09 bits per heavy atom. The summed E-state index contributed by atoms with van der Waals surface area (Å²) in [4.78, 5) is 26.7. The van der Waals surface area contributed by atoms with Gasteiger partial charge in [0.2, 0.25) is 5.91 Å². The average Bonchev–Trinajstić information content (AvgIpc) is 3.01. The van der Waals surface area contributed by atoms with Crippen LogP contribution in [0.3, 0.4) is 0 Å². The Bertz CT molecular complexity index is 555. The number of hydrogen-bond acceptors (Lipinski definition) is 3. The first-order chi connectivity index (χ1) is 11.1. The maximum atomic E-state index is 12.5. The molecule has 2 fully saturated rings. The molecule has 1 N–H and O–H groups in total. The van der Waals surface area contributed by atoms with Crippen molar-refractivity contribution in [3.05, 3.63) is 35.9 Å². The van der Waals surface area contributed by atoms with Crippen LogP contribution in [-0.4, -0.2) is 40.4 Å². The van der Waals surface area contributed by atoms with Crippen LogP contribution in [0.5, 0.6) is 0 Å². The molecule has 0 atom stereocenters. The van der Waals surface area contributed by atoms with Crippen LogP contribution in [0.15, 0.2) is 30.3 Å². The van der Waals surface area contributed by atoms with Crippen LogP contribution in [0.2, 0.25) is 0 Å². The van der Waals surface area contributed by atoms with Crippen LogP contribution in [0.1, 0.15) is 55.3 Å². The van der Waals surface area contributed by atoms with Gasteiger partial charge < -0.3 is 10.0 Å². The van der Waals surface area contributed by atoms with Gasteiger partial charge in [-0.25, -0.2) is 0 Å². The molecule has 1 heterocycles. The molecule has 0 aromatic heterocycles. The van der Waals surface area contributed by atoms with Crippen molar-refractivity contribution in [2.24, 2.45) is 5.92 Å². The summed E-state index contributed by atoms with van der Waals surface area (Å²) in [5.41, 5.74) is -0.0223. The normalized spacial score (nSPS) is 21.3. The van der Waals surface area contributed by atoms with Gasteiger partial charge in [-0.2, -0.15) is 0 Å². The lowest BCUT2D eigenvalue weighted by molar-refractivity contribution is -0.137. The summed E-state index contributed by atoms with van der Waals surface area (Å²) < 4.78 is 0. The van der Waals surface area contributed by atoms with E-state index in [-0.39, 0.29) is 24.0 Å². The molecule has 1 saturated carbocycles. The van der Waals surface area contributed by atoms with Gasteiger partial charge in [0.15, 0.2) is 5.78 Å². The lowest BCUT2D eigenvalue weighted by Crippen LogP contribution is -2.43. The van der Waals surface area contributed by atoms with E-state index in [4.69, 9.17) is 0 Å². The number of piperidine rings is 1. The Balaban J connectivity index is 1.52. The van der Waals surface area contributed by atoms with Crippen LogP contribution in [-0.2, 0) is 4.79 Å². The molecule has 0 spiro atoms. The van der Waals surface area contributed by atoms with Gasteiger partial charge in [-0.3, -0.25) is 9.59 Å². The van der Waals surface area contributed by atoms with E-state index >= 15 is 0 Å². The summed E-state index contributed by atoms with van der Waals surface area (Å²) in [7, 11) is 0. The lowest BCUT2D eigenvalue weighted by Gasteiger charge is -2.33. The molecular formula is C19H25NO3. The number of hydrogen-bond donors (Lipinski definition) is 1. The maximum Gasteiger partial charge on any atom is 0.225 e. The molecule has 1 aliphatic carbocycles. The minimum atomic E-state index is -0.784. The van der Waals surface area contributed by atoms with Crippen molar-refractivity contribution in [3.8, 4) is 0 Å². The summed E-state index contributed by atoms with van der Waals surface area (Å²) >= 11 is 0. The number of carbonyl (C=O) groups excluding carboxylic acids is 2. The molecule has 1 saturated heterocycles. The highest BCUT2D eigenvalue weighted by Gasteiger charge is 2.36. The molecule has 4 nitrogen and oxygen atoms in total. The minimum Gasteiger partial charge on any atom is -0.389 e. The predicted octanol–water partition coefficient (Wildman–Crippen LogP) is 2.80. The smallest absolute Gasteiger partial charge is 0.225 e. The molecule has 1 amide bonds. The third-order valence-electron chi connectivity index (χ3n) is 5.29. The van der Waals surface area contributed by atoms with E-state index in [9.17, 15) is 14.7 Å². The van der Waals surface area contributed by atoms with Gasteiger partial charge in [0.05, 0.1) is 12.0 Å². The third kappa shape index (κ3) is 3.81. The topological polar surface area (TPSA) is 57.6 Å². The number of rotatable bonds is 4. The Hall–Kier alpha value is -1.68. The van der Waals surface area contributed by atoms with E-state index < -0.39 is 5.60 Å². The van der Waals surface area contributed by atoms with Gasteiger partial charge in [-0.05, 0) is 25.7 Å². The zero-order valence-electron chi connectivity index (χ0n) is 13.5. The van der Waals surface area contributed by atoms with Gasteiger partial charge in [-0.15, -0.1) is 0 Å². The van der Waals surface area contributed by atoms with E-state index in [1.165, 1.54) is 0 Å². The first kappa shape index (κ1) is 16.2. The number of amides is 1. The number of ketones is 1. The van der Waals surface area contributed by atoms with Crippen molar-refractivity contribution < 1.29 is 14.7 Å². The largest absolute Gasteiger partial charge is 0.389 e. The van der Waals surface area contributed by atoms with E-state index in [2.05, 4.69) is 0 Å². The first-order valence-electron chi connectivity index (χ1n) is 8.67. The molecule has 124 valence electrons. The summed E-state index contributed by atoms with van der Waals surface area (Å²) in [6.45, 7) is 1.25. The fourth-order valence-corrected chi connectivity index (χ4v) is 3.83. The fraction of sp³-hybridized carbons (Fsp3) is 0.579. The second-order valence-electron chi connectivity index (χ2n) is 6.99. The van der Waals surface area contributed by atoms with E-state index in [1.54, 1.807) is 0 Å². The van der Waals surface area contributed by atoms with E-state index in [1.807, 2.05) is 35.2 Å². The van der Waals surface area contributed by atoms with E-state index in [0.717, 1.165) is 44.1 Å². The summed E-state index contributed by atoms with van der Waals surface area (Å²) in [5, 5.41) is 10.4. The molecule has 1 aliphatic heterocycles. The maximum absolute atomic E-state index is 12.5. The highest BCUT2D eigenvalue weighted by atomic mass is 16.3. The molecule has 23 heavy (non-hydrogen) atoms. The first-order valence-corrected chi connectivity index (χ1v) is 8.67. The quantitative estimate of drug-likeness (QED) is 0.869. The molecule has 3 rings (SSSR count). The van der Waals surface area contributed by atoms with Crippen LogP contribution < -0.4 is 0 Å². The van der Waals surface area contributed by atoms with Gasteiger partial charge in [0, 0.05) is 24.6 Å². The van der Waals surface area contributed by atoms with E-state index in [0.29, 0.717) is 13.1 Å². The van der Waals surface area contributed by atoms with Crippen molar-refractivity contribution in [2.75, 3.05) is 13.1 Å². The van der Waals surface area contributed by atoms with Crippen LogP contribution in [0.4, 0.5) is 0 Å². The fourth-order valence-electron chi connectivity index (χ4n) is 3.83. The minimum absolute atomic E-state index is 0.0102. The second kappa shape index (κ2) is 6.83. The van der Waals surface area contributed by atoms with Crippen LogP contribution >= 0.6 is 0 Å². The zero-order chi connectivity index (χ0) is 16.3. The Kier molecular flexibility index (Phi) is 4.81. The van der Waals surface area contributed by atoms with Crippen molar-refractivity contribution >= 4 is 11.7 Å². The molecular weight excluding hydrogens is 290 g/mol. The number of carbonyl (C=O) groups is 2. The SMILES string of the molecule is O=C(c1ccccc1)C1CCN(C(=O)CC2(O)CCCC2)CC1. The Labute approximate surface area is 137 Å². The second-order valence-corrected chi connectivity index (χ2v) is 6.99. The zero-order valence-corrected chi connectivity index (χ0v) is 13.5. The van der Waals surface area contributed by atoms with Crippen molar-refractivity contribution in [2.45, 2.75) is 50.5 Å². The number of benzene rings is 1. The summed E-state index contributed by atoms with van der Waals surface area (Å²) in [5.74, 6) is 0.239. The van der Waals surface area contributed by atoms with Crippen molar-refractivity contribution in [3.63, 3.8) is 0 Å². The third-order valence-corrected chi connectivity index (χ3v) is 5.29. The molecule has 0 unspecified atom stereocenters. The Morgan fingerprint density at radius 2 is 1.70 bits per heavy atom. The number of Topliss-reactive ketones (excluding diaryl/α,β-unsaturated/α-hetero) is 1. The molecule has 0 radical (unpaired) electrons. The lowest BCUT2D eigenvalue weighted by atomic mass is 9.88. The highest BCUT2D eigenvalue weighted by molar-refractivity contribution is 5.98. The predicted molar refractivity (Wildman–Crippen MR) is 88.1 cm³/mol. The summed E-state index contributed by atoms with van der Waals surface area (Å²) in [6.07, 6.45) is 5.18. The van der Waals surface area contributed by atoms with Crippen LogP contribution in [0, 0.1) is 5.92 Å². The van der Waals surface area contributed by atoms with Gasteiger partial charge >= 0.3 is 0 Å². The summed E-state index contributed by atoms with van der Waals surface area (Å²) in [6, 6.07) is 9.39. The molecule has 1 aromatic rings. The number of nitrogens with zero attached hydrogens (tertiary/aromatic N) is 1. The van der Waals surface area contributed by atoms with Crippen molar-refractivity contribution in [1.82, 2.24) is 4.90 Å². The van der Waals surface area contributed by atoms with Gasteiger partial charge in [0.25, 0.3) is 0 Å². The molecule has 2 aliphatic rings. The van der Waals surface area contributed by atoms with Gasteiger partial charge in [-0.1, -0.05) is 43.2 Å². The average molecular weight is 315 g/mol. The Morgan fingerprint density at radius 3 is 2.30 bits per heavy atom. The van der Waals surface area contributed by atoms with Crippen LogP contribution in [0.25, 0.3) is 0 Å². The molecule has 1 aromatic carbocycles. The molecule has 0 bridgehead atoms. The van der Waals surface area contributed by atoms with Crippen molar-refractivity contribution in [1.29, 1.82) is 0 Å². The number of likely N-dealkylation sites (tertiary alicyclic amines) is 1. The monoisotopic (exact) mass is 315 g/mol. The standard InChI is InChI=1S/C19H25NO3/c21-17(14-19(23)10-4-5-11-19)20-12-8-16(9-13-20)18(22)15-6-2-1-3-7-15/h1-3,6-7,16,23H,4-5,8-14H2. The highest BCUT2D eigenvalue weighted by Crippen LogP contribution is 2.33. The van der Waals surface area contributed by atoms with Gasteiger partial charge in [0.1, 0.15) is 0 Å².